The molecule has 4 nitrogen and oxygen atoms in total. The van der Waals surface area contributed by atoms with E-state index in [1.807, 2.05) is 133 Å². The molecule has 0 unspecified atom stereocenters. The van der Waals surface area contributed by atoms with E-state index in [0.29, 0.717) is 28.3 Å². The standard InChI is InChI=1S/C45H29N3O/c1-5-14-30(15-6-1)35-26-36(31-16-7-2-8-17-31)28-37(27-35)45-47-43(33-20-11-4-12-21-33)46-44(48-45)34-24-25-39-40-23-13-22-38(32-18-9-3-10-19-32)42(40)49-41(39)29-34/h1-29H/i13D,23D,24D,25D,29D. The topological polar surface area (TPSA) is 51.8 Å². The average Bonchev–Trinajstić information content (AvgIpc) is 3.64. The van der Waals surface area contributed by atoms with Gasteiger partial charge in [0.25, 0.3) is 0 Å². The smallest absolute Gasteiger partial charge is 0.164 e. The van der Waals surface area contributed by atoms with Crippen molar-refractivity contribution in [3.8, 4) is 67.5 Å². The molecule has 0 saturated heterocycles. The quantitative estimate of drug-likeness (QED) is 0.183. The minimum atomic E-state index is -0.287. The molecule has 0 aliphatic rings. The highest BCUT2D eigenvalue weighted by Gasteiger charge is 2.17. The third-order valence-electron chi connectivity index (χ3n) is 8.50. The normalized spacial score (nSPS) is 12.7. The molecule has 0 aliphatic heterocycles. The zero-order valence-corrected chi connectivity index (χ0v) is 26.1. The second-order valence-corrected chi connectivity index (χ2v) is 11.7. The molecule has 2 heterocycles. The second kappa shape index (κ2) is 12.2. The maximum absolute atomic E-state index is 9.48. The molecular formula is C45H29N3O. The predicted molar refractivity (Wildman–Crippen MR) is 200 cm³/mol. The van der Waals surface area contributed by atoms with Gasteiger partial charge in [0.15, 0.2) is 17.5 Å². The number of hydrogen-bond donors (Lipinski definition) is 0. The van der Waals surface area contributed by atoms with Crippen molar-refractivity contribution in [1.29, 1.82) is 0 Å². The summed E-state index contributed by atoms with van der Waals surface area (Å²) in [5.74, 6) is 0.727. The second-order valence-electron chi connectivity index (χ2n) is 11.7. The van der Waals surface area contributed by atoms with Crippen molar-refractivity contribution in [2.75, 3.05) is 0 Å². The Kier molecular flexibility index (Phi) is 5.87. The Labute approximate surface area is 291 Å². The molecule has 49 heavy (non-hydrogen) atoms. The zero-order valence-electron chi connectivity index (χ0n) is 31.1. The van der Waals surface area contributed by atoms with Crippen molar-refractivity contribution in [3.63, 3.8) is 0 Å². The van der Waals surface area contributed by atoms with Crippen LogP contribution in [0.25, 0.3) is 89.5 Å². The molecule has 0 bridgehead atoms. The lowest BCUT2D eigenvalue weighted by Crippen LogP contribution is -2.00. The zero-order chi connectivity index (χ0) is 36.9. The Morgan fingerprint density at radius 2 is 0.898 bits per heavy atom. The van der Waals surface area contributed by atoms with Crippen molar-refractivity contribution >= 4 is 21.9 Å². The molecule has 9 aromatic rings. The van der Waals surface area contributed by atoms with Gasteiger partial charge in [0.05, 0.1) is 6.85 Å². The molecule has 230 valence electrons. The van der Waals surface area contributed by atoms with Crippen LogP contribution in [0.2, 0.25) is 0 Å². The van der Waals surface area contributed by atoms with E-state index in [4.69, 9.17) is 22.1 Å². The van der Waals surface area contributed by atoms with Crippen LogP contribution in [0.1, 0.15) is 6.85 Å². The number of nitrogens with zero attached hydrogens (tertiary/aromatic N) is 3. The summed E-state index contributed by atoms with van der Waals surface area (Å²) >= 11 is 0. The molecule has 0 saturated carbocycles. The van der Waals surface area contributed by atoms with E-state index in [0.717, 1.165) is 27.8 Å². The van der Waals surface area contributed by atoms with Crippen molar-refractivity contribution in [2.45, 2.75) is 0 Å². The van der Waals surface area contributed by atoms with Crippen molar-refractivity contribution in [2.24, 2.45) is 0 Å². The monoisotopic (exact) mass is 632 g/mol. The first-order valence-corrected chi connectivity index (χ1v) is 16.0. The lowest BCUT2D eigenvalue weighted by Gasteiger charge is -2.12. The van der Waals surface area contributed by atoms with E-state index in [-0.39, 0.29) is 63.5 Å². The van der Waals surface area contributed by atoms with Gasteiger partial charge >= 0.3 is 0 Å². The summed E-state index contributed by atoms with van der Waals surface area (Å²) in [6, 6.07) is 45.8. The molecule has 0 N–H and O–H groups in total. The first-order chi connectivity index (χ1) is 26.4. The van der Waals surface area contributed by atoms with E-state index >= 15 is 0 Å². The van der Waals surface area contributed by atoms with Crippen molar-refractivity contribution in [1.82, 2.24) is 15.0 Å². The summed E-state index contributed by atoms with van der Waals surface area (Å²) in [4.78, 5) is 14.7. The number of hydrogen-bond acceptors (Lipinski definition) is 4. The van der Waals surface area contributed by atoms with Gasteiger partial charge in [0.1, 0.15) is 11.2 Å². The number of furan rings is 1. The van der Waals surface area contributed by atoms with Crippen LogP contribution in [0, 0.1) is 0 Å². The summed E-state index contributed by atoms with van der Waals surface area (Å²) in [7, 11) is 0. The van der Waals surface area contributed by atoms with Crippen molar-refractivity contribution < 1.29 is 11.3 Å². The first-order valence-electron chi connectivity index (χ1n) is 18.5. The van der Waals surface area contributed by atoms with Crippen LogP contribution in [-0.2, 0) is 0 Å². The fourth-order valence-corrected chi connectivity index (χ4v) is 6.09. The van der Waals surface area contributed by atoms with Gasteiger partial charge in [-0.3, -0.25) is 0 Å². The predicted octanol–water partition coefficient (Wildman–Crippen LogP) is 11.8. The van der Waals surface area contributed by atoms with Gasteiger partial charge in [-0.15, -0.1) is 0 Å². The Morgan fingerprint density at radius 1 is 0.408 bits per heavy atom. The summed E-state index contributed by atoms with van der Waals surface area (Å²) in [6.07, 6.45) is 0. The fourth-order valence-electron chi connectivity index (χ4n) is 6.09. The summed E-state index contributed by atoms with van der Waals surface area (Å²) in [5.41, 5.74) is 7.03. The van der Waals surface area contributed by atoms with Gasteiger partial charge in [-0.2, -0.15) is 0 Å². The van der Waals surface area contributed by atoms with Crippen LogP contribution in [-0.4, -0.2) is 15.0 Å². The number of aromatic nitrogens is 3. The van der Waals surface area contributed by atoms with E-state index in [1.165, 1.54) is 0 Å². The van der Waals surface area contributed by atoms with Crippen LogP contribution < -0.4 is 0 Å². The maximum Gasteiger partial charge on any atom is 0.164 e. The molecule has 0 spiro atoms. The third-order valence-corrected chi connectivity index (χ3v) is 8.50. The molecule has 7 aromatic carbocycles. The molecule has 9 rings (SSSR count). The van der Waals surface area contributed by atoms with Gasteiger partial charge in [-0.1, -0.05) is 146 Å². The summed E-state index contributed by atoms with van der Waals surface area (Å²) < 4.78 is 51.8. The highest BCUT2D eigenvalue weighted by Crippen LogP contribution is 2.38. The van der Waals surface area contributed by atoms with Gasteiger partial charge in [-0.05, 0) is 58.1 Å². The molecule has 0 aliphatic carbocycles. The van der Waals surface area contributed by atoms with Gasteiger partial charge < -0.3 is 4.42 Å². The van der Waals surface area contributed by atoms with Gasteiger partial charge in [0.2, 0.25) is 0 Å². The van der Waals surface area contributed by atoms with E-state index in [9.17, 15) is 4.11 Å². The van der Waals surface area contributed by atoms with E-state index in [1.54, 1.807) is 6.07 Å². The molecule has 4 heteroatoms. The summed E-state index contributed by atoms with van der Waals surface area (Å²) in [5, 5.41) is 0.364. The largest absolute Gasteiger partial charge is 0.455 e. The maximum atomic E-state index is 9.48. The minimum absolute atomic E-state index is 0.00812. The SMILES string of the molecule is [2H]c1cc(-c2ccccc2)c2oc3c([2H])c(-c4nc(-c5ccccc5)nc(-c5cc(-c6ccccc6)cc(-c6ccccc6)c5)n4)c([2H])c([2H])c3c2c1[2H]. The van der Waals surface area contributed by atoms with Crippen molar-refractivity contribution in [3.05, 3.63) is 176 Å². The van der Waals surface area contributed by atoms with E-state index in [2.05, 4.69) is 6.07 Å². The first kappa shape index (κ1) is 23.6. The average molecular weight is 633 g/mol. The third kappa shape index (κ3) is 5.45. The number of rotatable bonds is 6. The number of fused-ring (bicyclic) bond motifs is 3. The Hall–Kier alpha value is -6.65. The number of benzene rings is 7. The summed E-state index contributed by atoms with van der Waals surface area (Å²) in [6.45, 7) is 0. The lowest BCUT2D eigenvalue weighted by molar-refractivity contribution is 0.670. The highest BCUT2D eigenvalue weighted by molar-refractivity contribution is 6.10. The Bertz CT molecular complexity index is 2810. The van der Waals surface area contributed by atoms with Crippen LogP contribution >= 0.6 is 0 Å². The Morgan fingerprint density at radius 3 is 1.49 bits per heavy atom. The molecule has 0 atom stereocenters. The molecule has 2 aromatic heterocycles. The van der Waals surface area contributed by atoms with Gasteiger partial charge in [0, 0.05) is 33.0 Å². The Balaban J connectivity index is 1.32. The molecule has 0 fully saturated rings. The van der Waals surface area contributed by atoms with Crippen LogP contribution in [0.15, 0.2) is 180 Å². The highest BCUT2D eigenvalue weighted by atomic mass is 16.3. The fraction of sp³-hybridized carbons (Fsp3) is 0. The van der Waals surface area contributed by atoms with Crippen LogP contribution in [0.4, 0.5) is 0 Å². The molecule has 0 amide bonds. The van der Waals surface area contributed by atoms with Gasteiger partial charge in [-0.25, -0.2) is 15.0 Å². The molecule has 0 radical (unpaired) electrons. The van der Waals surface area contributed by atoms with Crippen LogP contribution in [0.5, 0.6) is 0 Å². The minimum Gasteiger partial charge on any atom is -0.455 e. The van der Waals surface area contributed by atoms with E-state index < -0.39 is 0 Å². The lowest BCUT2D eigenvalue weighted by atomic mass is 9.96. The molecular weight excluding hydrogens is 599 g/mol. The number of para-hydroxylation sites is 1. The van der Waals surface area contributed by atoms with Crippen LogP contribution in [0.3, 0.4) is 0 Å².